The standard InChI is InChI=1S/C21H31N3O4/c1-6-22-20(23-10-9-16-7-8-17(27-5)12-19(16)25)24-13-21(4,26)18-11-14(2)28-15(18)3/h7-8,11-12,25-26H,6,9-10,13H2,1-5H3,(H2,22,23,24). The lowest BCUT2D eigenvalue weighted by molar-refractivity contribution is 0.0657. The molecule has 7 nitrogen and oxygen atoms in total. The second kappa shape index (κ2) is 9.50. The van der Waals surface area contributed by atoms with Crippen LogP contribution in [0.25, 0.3) is 0 Å². The van der Waals surface area contributed by atoms with Gasteiger partial charge >= 0.3 is 0 Å². The van der Waals surface area contributed by atoms with Crippen LogP contribution in [0.2, 0.25) is 0 Å². The van der Waals surface area contributed by atoms with E-state index in [0.29, 0.717) is 37.0 Å². The van der Waals surface area contributed by atoms with Gasteiger partial charge < -0.3 is 30.0 Å². The number of aliphatic imine (C=N–C) groups is 1. The lowest BCUT2D eigenvalue weighted by atomic mass is 9.96. The minimum Gasteiger partial charge on any atom is -0.508 e. The molecule has 2 rings (SSSR count). The molecule has 1 aromatic heterocycles. The summed E-state index contributed by atoms with van der Waals surface area (Å²) in [6, 6.07) is 7.11. The first kappa shape index (κ1) is 21.6. The number of ether oxygens (including phenoxy) is 1. The van der Waals surface area contributed by atoms with E-state index in [1.807, 2.05) is 39.0 Å². The fraction of sp³-hybridized carbons (Fsp3) is 0.476. The van der Waals surface area contributed by atoms with Crippen molar-refractivity contribution in [3.8, 4) is 11.5 Å². The van der Waals surface area contributed by atoms with E-state index >= 15 is 0 Å². The molecule has 1 unspecified atom stereocenters. The molecule has 1 heterocycles. The molecule has 0 saturated carbocycles. The van der Waals surface area contributed by atoms with E-state index in [1.54, 1.807) is 20.1 Å². The number of nitrogens with one attached hydrogen (secondary N) is 2. The molecule has 0 aliphatic heterocycles. The zero-order valence-corrected chi connectivity index (χ0v) is 17.3. The number of phenols is 1. The predicted molar refractivity (Wildman–Crippen MR) is 110 cm³/mol. The van der Waals surface area contributed by atoms with Gasteiger partial charge in [0.2, 0.25) is 0 Å². The van der Waals surface area contributed by atoms with Crippen molar-refractivity contribution < 1.29 is 19.4 Å². The van der Waals surface area contributed by atoms with E-state index < -0.39 is 5.60 Å². The molecule has 0 saturated heterocycles. The lowest BCUT2D eigenvalue weighted by Crippen LogP contribution is -2.39. The molecule has 0 aliphatic carbocycles. The Balaban J connectivity index is 1.99. The highest BCUT2D eigenvalue weighted by molar-refractivity contribution is 5.79. The van der Waals surface area contributed by atoms with Crippen molar-refractivity contribution in [2.45, 2.75) is 39.7 Å². The van der Waals surface area contributed by atoms with E-state index in [4.69, 9.17) is 9.15 Å². The van der Waals surface area contributed by atoms with Crippen molar-refractivity contribution in [1.29, 1.82) is 0 Å². The predicted octanol–water partition coefficient (Wildman–Crippen LogP) is 2.62. The van der Waals surface area contributed by atoms with E-state index in [-0.39, 0.29) is 12.3 Å². The Labute approximate surface area is 166 Å². The number of hydrogen-bond acceptors (Lipinski definition) is 5. The molecule has 0 bridgehead atoms. The number of methoxy groups -OCH3 is 1. The fourth-order valence-corrected chi connectivity index (χ4v) is 3.02. The van der Waals surface area contributed by atoms with E-state index in [9.17, 15) is 10.2 Å². The summed E-state index contributed by atoms with van der Waals surface area (Å²) >= 11 is 0. The minimum absolute atomic E-state index is 0.190. The Bertz CT molecular complexity index is 812. The molecule has 0 radical (unpaired) electrons. The second-order valence-corrected chi connectivity index (χ2v) is 6.97. The zero-order valence-electron chi connectivity index (χ0n) is 17.3. The van der Waals surface area contributed by atoms with Crippen molar-refractivity contribution in [2.24, 2.45) is 4.99 Å². The first-order valence-corrected chi connectivity index (χ1v) is 9.44. The summed E-state index contributed by atoms with van der Waals surface area (Å²) in [6.45, 7) is 8.88. The molecule has 0 aliphatic rings. The Kier molecular flexibility index (Phi) is 7.34. The number of aromatic hydroxyl groups is 1. The SMILES string of the molecule is CCNC(=NCC(C)(O)c1cc(C)oc1C)NCCc1ccc(OC)cc1O. The number of guanidine groups is 1. The first-order chi connectivity index (χ1) is 13.3. The lowest BCUT2D eigenvalue weighted by Gasteiger charge is -2.21. The smallest absolute Gasteiger partial charge is 0.191 e. The van der Waals surface area contributed by atoms with Crippen LogP contribution in [0.3, 0.4) is 0 Å². The van der Waals surface area contributed by atoms with Crippen LogP contribution in [0.5, 0.6) is 11.5 Å². The van der Waals surface area contributed by atoms with Crippen LogP contribution in [0.15, 0.2) is 33.7 Å². The molecule has 154 valence electrons. The molecular weight excluding hydrogens is 358 g/mol. The number of nitrogens with zero attached hydrogens (tertiary/aromatic N) is 1. The van der Waals surface area contributed by atoms with Crippen molar-refractivity contribution in [3.05, 3.63) is 46.9 Å². The van der Waals surface area contributed by atoms with Crippen LogP contribution in [0.4, 0.5) is 0 Å². The molecule has 1 atom stereocenters. The highest BCUT2D eigenvalue weighted by Gasteiger charge is 2.27. The maximum Gasteiger partial charge on any atom is 0.191 e. The van der Waals surface area contributed by atoms with Gasteiger partial charge in [-0.3, -0.25) is 0 Å². The normalized spacial score (nSPS) is 13.9. The number of aryl methyl sites for hydroxylation is 2. The van der Waals surface area contributed by atoms with E-state index in [1.165, 1.54) is 0 Å². The Morgan fingerprint density at radius 2 is 2.00 bits per heavy atom. The van der Waals surface area contributed by atoms with Crippen LogP contribution in [-0.4, -0.2) is 42.9 Å². The van der Waals surface area contributed by atoms with Gasteiger partial charge in [0.25, 0.3) is 0 Å². The Morgan fingerprint density at radius 3 is 2.57 bits per heavy atom. The molecule has 7 heteroatoms. The molecule has 0 spiro atoms. The largest absolute Gasteiger partial charge is 0.508 e. The van der Waals surface area contributed by atoms with E-state index in [0.717, 1.165) is 16.9 Å². The van der Waals surface area contributed by atoms with Crippen LogP contribution in [-0.2, 0) is 12.0 Å². The number of furan rings is 1. The molecule has 0 amide bonds. The Hall–Kier alpha value is -2.67. The number of benzene rings is 1. The van der Waals surface area contributed by atoms with Gasteiger partial charge in [-0.1, -0.05) is 6.07 Å². The highest BCUT2D eigenvalue weighted by atomic mass is 16.5. The summed E-state index contributed by atoms with van der Waals surface area (Å²) in [6.07, 6.45) is 0.622. The summed E-state index contributed by atoms with van der Waals surface area (Å²) < 4.78 is 10.6. The summed E-state index contributed by atoms with van der Waals surface area (Å²) in [5.74, 6) is 2.90. The topological polar surface area (TPSA) is 99.3 Å². The average molecular weight is 389 g/mol. The average Bonchev–Trinajstić information content (AvgIpc) is 3.00. The maximum absolute atomic E-state index is 10.8. The van der Waals surface area contributed by atoms with Crippen molar-refractivity contribution >= 4 is 5.96 Å². The molecule has 28 heavy (non-hydrogen) atoms. The fourth-order valence-electron chi connectivity index (χ4n) is 3.02. The van der Waals surface area contributed by atoms with Gasteiger partial charge in [0.05, 0.1) is 13.7 Å². The first-order valence-electron chi connectivity index (χ1n) is 9.44. The third kappa shape index (κ3) is 5.66. The van der Waals surface area contributed by atoms with Crippen molar-refractivity contribution in [1.82, 2.24) is 10.6 Å². The molecular formula is C21H31N3O4. The van der Waals surface area contributed by atoms with Gasteiger partial charge in [-0.15, -0.1) is 0 Å². The highest BCUT2D eigenvalue weighted by Crippen LogP contribution is 2.27. The van der Waals surface area contributed by atoms with Crippen LogP contribution in [0.1, 0.15) is 36.5 Å². The Morgan fingerprint density at radius 1 is 1.25 bits per heavy atom. The second-order valence-electron chi connectivity index (χ2n) is 6.97. The van der Waals surface area contributed by atoms with Crippen LogP contribution in [0, 0.1) is 13.8 Å². The third-order valence-corrected chi connectivity index (χ3v) is 4.49. The van der Waals surface area contributed by atoms with Crippen LogP contribution >= 0.6 is 0 Å². The van der Waals surface area contributed by atoms with Crippen LogP contribution < -0.4 is 15.4 Å². The number of phenolic OH excluding ortho intramolecular Hbond substituents is 1. The monoisotopic (exact) mass is 389 g/mol. The van der Waals surface area contributed by atoms with Gasteiger partial charge in [-0.25, -0.2) is 4.99 Å². The minimum atomic E-state index is -1.13. The quantitative estimate of drug-likeness (QED) is 0.409. The molecule has 2 aromatic rings. The summed E-state index contributed by atoms with van der Waals surface area (Å²) in [7, 11) is 1.57. The van der Waals surface area contributed by atoms with Gasteiger partial charge in [-0.2, -0.15) is 0 Å². The van der Waals surface area contributed by atoms with Crippen molar-refractivity contribution in [2.75, 3.05) is 26.7 Å². The van der Waals surface area contributed by atoms with Gasteiger partial charge in [0, 0.05) is 24.7 Å². The summed E-state index contributed by atoms with van der Waals surface area (Å²) in [5, 5.41) is 27.3. The summed E-state index contributed by atoms with van der Waals surface area (Å²) in [5.41, 5.74) is 0.437. The maximum atomic E-state index is 10.8. The molecule has 0 fully saturated rings. The third-order valence-electron chi connectivity index (χ3n) is 4.49. The zero-order chi connectivity index (χ0) is 20.7. The van der Waals surface area contributed by atoms with Crippen molar-refractivity contribution in [3.63, 3.8) is 0 Å². The van der Waals surface area contributed by atoms with Gasteiger partial charge in [0.15, 0.2) is 5.96 Å². The number of rotatable bonds is 8. The van der Waals surface area contributed by atoms with E-state index in [2.05, 4.69) is 15.6 Å². The molecule has 1 aromatic carbocycles. The molecule has 4 N–H and O–H groups in total. The summed E-state index contributed by atoms with van der Waals surface area (Å²) in [4.78, 5) is 4.51. The number of hydrogen-bond donors (Lipinski definition) is 4. The number of aliphatic hydroxyl groups is 1. The van der Waals surface area contributed by atoms with Gasteiger partial charge in [-0.05, 0) is 51.8 Å². The van der Waals surface area contributed by atoms with Gasteiger partial charge in [0.1, 0.15) is 28.6 Å².